The summed E-state index contributed by atoms with van der Waals surface area (Å²) in [5.41, 5.74) is 1.35. The van der Waals surface area contributed by atoms with Gasteiger partial charge in [0.15, 0.2) is 0 Å². The molecular weight excluding hydrogens is 351 g/mol. The molecule has 0 unspecified atom stereocenters. The zero-order valence-electron chi connectivity index (χ0n) is 15.0. The van der Waals surface area contributed by atoms with Crippen LogP contribution in [0.2, 0.25) is 0 Å². The number of amides is 1. The van der Waals surface area contributed by atoms with Crippen molar-refractivity contribution in [1.82, 2.24) is 10.2 Å². The Hall–Kier alpha value is -2.05. The molecule has 1 amide bonds. The monoisotopic (exact) mass is 374 g/mol. The lowest BCUT2D eigenvalue weighted by Crippen LogP contribution is -2.31. The van der Waals surface area contributed by atoms with Crippen LogP contribution in [0.5, 0.6) is 5.75 Å². The lowest BCUT2D eigenvalue weighted by Gasteiger charge is -2.26. The number of hydrogen-bond acceptors (Lipinski definition) is 4. The summed E-state index contributed by atoms with van der Waals surface area (Å²) in [6, 6.07) is 11.8. The van der Waals surface area contributed by atoms with Gasteiger partial charge in [0.25, 0.3) is 5.91 Å². The lowest BCUT2D eigenvalue weighted by molar-refractivity contribution is 0.0930. The first-order chi connectivity index (χ1) is 12.5. The normalized spacial score (nSPS) is 16.2. The summed E-state index contributed by atoms with van der Waals surface area (Å²) in [6.07, 6.45) is 0.774. The first kappa shape index (κ1) is 18.7. The van der Waals surface area contributed by atoms with Gasteiger partial charge < -0.3 is 15.0 Å². The third kappa shape index (κ3) is 4.56. The van der Waals surface area contributed by atoms with Crippen LogP contribution in [0.1, 0.15) is 28.4 Å². The Morgan fingerprint density at radius 2 is 2.12 bits per heavy atom. The fraction of sp³-hybridized carbons (Fsp3) is 0.350. The van der Waals surface area contributed by atoms with Crippen molar-refractivity contribution in [3.05, 3.63) is 59.4 Å². The molecule has 1 aliphatic heterocycles. The summed E-state index contributed by atoms with van der Waals surface area (Å²) in [6.45, 7) is 1.27. The van der Waals surface area contributed by atoms with E-state index in [2.05, 4.69) is 5.32 Å². The Labute approximate surface area is 157 Å². The number of carbonyl (C=O) groups is 1. The van der Waals surface area contributed by atoms with E-state index < -0.39 is 0 Å². The van der Waals surface area contributed by atoms with Gasteiger partial charge in [-0.05, 0) is 56.4 Å². The maximum atomic E-state index is 13.7. The van der Waals surface area contributed by atoms with E-state index in [0.29, 0.717) is 17.9 Å². The molecule has 0 aromatic heterocycles. The van der Waals surface area contributed by atoms with Gasteiger partial charge in [0.1, 0.15) is 18.2 Å². The topological polar surface area (TPSA) is 41.6 Å². The molecule has 138 valence electrons. The number of halogens is 1. The highest BCUT2D eigenvalue weighted by atomic mass is 32.2. The van der Waals surface area contributed by atoms with Crippen molar-refractivity contribution in [3.8, 4) is 5.75 Å². The number of fused-ring (bicyclic) bond motifs is 1. The van der Waals surface area contributed by atoms with Gasteiger partial charge in [-0.2, -0.15) is 0 Å². The van der Waals surface area contributed by atoms with Gasteiger partial charge >= 0.3 is 0 Å². The number of rotatable bonds is 6. The second kappa shape index (κ2) is 8.56. The fourth-order valence-electron chi connectivity index (χ4n) is 2.87. The van der Waals surface area contributed by atoms with Gasteiger partial charge in [0.2, 0.25) is 0 Å². The maximum Gasteiger partial charge on any atom is 0.255 e. The molecule has 2 aromatic rings. The number of carbonyl (C=O) groups excluding carboxylic acids is 1. The molecule has 0 radical (unpaired) electrons. The number of hydrogen-bond donors (Lipinski definition) is 1. The summed E-state index contributed by atoms with van der Waals surface area (Å²) in [7, 11) is 3.94. The molecule has 4 nitrogen and oxygen atoms in total. The molecule has 0 fully saturated rings. The fourth-order valence-corrected chi connectivity index (χ4v) is 3.98. The molecule has 0 bridgehead atoms. The third-order valence-electron chi connectivity index (χ3n) is 4.24. The number of nitrogens with one attached hydrogen (secondary N) is 1. The maximum absolute atomic E-state index is 13.7. The Morgan fingerprint density at radius 1 is 1.31 bits per heavy atom. The van der Waals surface area contributed by atoms with E-state index in [4.69, 9.17) is 4.74 Å². The average Bonchev–Trinajstić information content (AvgIpc) is 2.62. The minimum atomic E-state index is -0.280. The van der Waals surface area contributed by atoms with Crippen LogP contribution in [0, 0.1) is 5.82 Å². The predicted molar refractivity (Wildman–Crippen MR) is 102 cm³/mol. The average molecular weight is 374 g/mol. The third-order valence-corrected chi connectivity index (χ3v) is 5.37. The van der Waals surface area contributed by atoms with Gasteiger partial charge in [-0.1, -0.05) is 12.1 Å². The largest absolute Gasteiger partial charge is 0.491 e. The van der Waals surface area contributed by atoms with E-state index in [1.807, 2.05) is 31.1 Å². The minimum absolute atomic E-state index is 0.190. The number of para-hydroxylation sites is 1. The summed E-state index contributed by atoms with van der Waals surface area (Å²) in [4.78, 5) is 15.9. The van der Waals surface area contributed by atoms with Crippen molar-refractivity contribution in [2.75, 3.05) is 33.0 Å². The van der Waals surface area contributed by atoms with Crippen LogP contribution in [-0.4, -0.2) is 43.8 Å². The van der Waals surface area contributed by atoms with E-state index in [1.165, 1.54) is 12.1 Å². The molecule has 1 aliphatic rings. The first-order valence-electron chi connectivity index (χ1n) is 8.64. The van der Waals surface area contributed by atoms with E-state index in [1.54, 1.807) is 30.0 Å². The van der Waals surface area contributed by atoms with Gasteiger partial charge in [0, 0.05) is 17.2 Å². The zero-order valence-corrected chi connectivity index (χ0v) is 15.8. The second-order valence-electron chi connectivity index (χ2n) is 6.49. The van der Waals surface area contributed by atoms with Crippen LogP contribution in [0.3, 0.4) is 0 Å². The Kier molecular flexibility index (Phi) is 6.16. The highest BCUT2D eigenvalue weighted by Crippen LogP contribution is 2.36. The molecule has 0 aliphatic carbocycles. The Balaban J connectivity index is 1.74. The zero-order chi connectivity index (χ0) is 18.5. The highest BCUT2D eigenvalue weighted by Gasteiger charge is 2.24. The summed E-state index contributed by atoms with van der Waals surface area (Å²) in [5, 5.41) is 3.05. The number of likely N-dealkylation sites (N-methyl/N-ethyl adjacent to an activating group) is 1. The summed E-state index contributed by atoms with van der Waals surface area (Å²) < 4.78 is 19.4. The van der Waals surface area contributed by atoms with Crippen molar-refractivity contribution in [1.29, 1.82) is 0 Å². The van der Waals surface area contributed by atoms with Crippen LogP contribution in [-0.2, 0) is 0 Å². The van der Waals surface area contributed by atoms with Gasteiger partial charge in [0.05, 0.1) is 11.6 Å². The quantitative estimate of drug-likeness (QED) is 0.837. The van der Waals surface area contributed by atoms with Crippen molar-refractivity contribution in [2.45, 2.75) is 17.4 Å². The number of thioether (sulfide) groups is 1. The molecular formula is C20H23FN2O2S. The predicted octanol–water partition coefficient (Wildman–Crippen LogP) is 3.73. The van der Waals surface area contributed by atoms with Crippen molar-refractivity contribution in [3.63, 3.8) is 0 Å². The second-order valence-corrected chi connectivity index (χ2v) is 7.63. The molecule has 0 spiro atoms. The van der Waals surface area contributed by atoms with Gasteiger partial charge in [-0.25, -0.2) is 4.39 Å². The van der Waals surface area contributed by atoms with Crippen LogP contribution in [0.25, 0.3) is 0 Å². The molecule has 3 rings (SSSR count). The van der Waals surface area contributed by atoms with Crippen molar-refractivity contribution >= 4 is 17.7 Å². The van der Waals surface area contributed by atoms with Gasteiger partial charge in [-0.3, -0.25) is 4.79 Å². The Bertz CT molecular complexity index is 782. The van der Waals surface area contributed by atoms with Crippen LogP contribution in [0.4, 0.5) is 4.39 Å². The lowest BCUT2D eigenvalue weighted by atomic mass is 10.0. The molecule has 26 heavy (non-hydrogen) atoms. The van der Waals surface area contributed by atoms with Crippen LogP contribution in [0.15, 0.2) is 47.4 Å². The molecule has 2 aromatic carbocycles. The molecule has 1 heterocycles. The Morgan fingerprint density at radius 3 is 2.92 bits per heavy atom. The van der Waals surface area contributed by atoms with E-state index in [0.717, 1.165) is 29.2 Å². The molecule has 0 saturated heterocycles. The SMILES string of the molecule is CN(C)CCOc1ccccc1C(=O)N[C@H]1CCSc2ccc(F)cc21. The summed E-state index contributed by atoms with van der Waals surface area (Å²) >= 11 is 1.69. The molecule has 6 heteroatoms. The standard InChI is InChI=1S/C20H23FN2O2S/c1-23(2)10-11-25-18-6-4-3-5-15(18)20(24)22-17-9-12-26-19-8-7-14(21)13-16(17)19/h3-8,13,17H,9-12H2,1-2H3,(H,22,24)/t17-/m0/s1. The van der Waals surface area contributed by atoms with Crippen molar-refractivity contribution < 1.29 is 13.9 Å². The van der Waals surface area contributed by atoms with Gasteiger partial charge in [-0.15, -0.1) is 11.8 Å². The molecule has 1 N–H and O–H groups in total. The minimum Gasteiger partial charge on any atom is -0.491 e. The van der Waals surface area contributed by atoms with E-state index >= 15 is 0 Å². The molecule has 1 atom stereocenters. The number of ether oxygens (including phenoxy) is 1. The van der Waals surface area contributed by atoms with Crippen molar-refractivity contribution in [2.24, 2.45) is 0 Å². The smallest absolute Gasteiger partial charge is 0.255 e. The van der Waals surface area contributed by atoms with Crippen LogP contribution < -0.4 is 10.1 Å². The number of benzene rings is 2. The van der Waals surface area contributed by atoms with E-state index in [9.17, 15) is 9.18 Å². The first-order valence-corrected chi connectivity index (χ1v) is 9.63. The number of nitrogens with zero attached hydrogens (tertiary/aromatic N) is 1. The summed E-state index contributed by atoms with van der Waals surface area (Å²) in [5.74, 6) is 0.983. The van der Waals surface area contributed by atoms with E-state index in [-0.39, 0.29) is 17.8 Å². The molecule has 0 saturated carbocycles. The highest BCUT2D eigenvalue weighted by molar-refractivity contribution is 7.99. The van der Waals surface area contributed by atoms with Crippen LogP contribution >= 0.6 is 11.8 Å².